The van der Waals surface area contributed by atoms with Gasteiger partial charge in [-0.3, -0.25) is 4.79 Å². The number of piperidine rings is 1. The van der Waals surface area contributed by atoms with Crippen LogP contribution < -0.4 is 5.32 Å². The van der Waals surface area contributed by atoms with E-state index in [9.17, 15) is 13.2 Å². The van der Waals surface area contributed by atoms with Gasteiger partial charge >= 0.3 is 0 Å². The average Bonchev–Trinajstić information content (AvgIpc) is 2.88. The Bertz CT molecular complexity index is 647. The number of benzene rings is 1. The van der Waals surface area contributed by atoms with Crippen LogP contribution in [0, 0.1) is 0 Å². The number of amides is 1. The van der Waals surface area contributed by atoms with Crippen LogP contribution in [-0.4, -0.2) is 43.5 Å². The third-order valence-corrected chi connectivity index (χ3v) is 5.87. The maximum Gasteiger partial charge on any atom is 0.238 e. The number of hydrogen-bond donors (Lipinski definition) is 1. The zero-order valence-corrected chi connectivity index (χ0v) is 13.6. The van der Waals surface area contributed by atoms with E-state index in [1.807, 2.05) is 12.1 Å². The van der Waals surface area contributed by atoms with Crippen molar-refractivity contribution in [1.29, 1.82) is 0 Å². The van der Waals surface area contributed by atoms with Gasteiger partial charge in [-0.1, -0.05) is 30.7 Å². The minimum atomic E-state index is -3.33. The summed E-state index contributed by atoms with van der Waals surface area (Å²) in [6.45, 7) is 0.446. The second-order valence-corrected chi connectivity index (χ2v) is 8.20. The standard InChI is InChI=1S/C16H22N2O3S/c1-22(20,21)18-9-5-4-8-15(18)16(19)17-14-10-12-6-2-3-7-13(12)11-14/h2-3,6-7,14-15H,4-5,8-11H2,1H3,(H,17,19)/t15-/m1/s1. The first-order chi connectivity index (χ1) is 10.4. The second kappa shape index (κ2) is 6.01. The van der Waals surface area contributed by atoms with Crippen molar-refractivity contribution in [3.63, 3.8) is 0 Å². The van der Waals surface area contributed by atoms with Crippen molar-refractivity contribution in [1.82, 2.24) is 9.62 Å². The molecule has 0 aromatic heterocycles. The van der Waals surface area contributed by atoms with E-state index in [0.29, 0.717) is 13.0 Å². The van der Waals surface area contributed by atoms with Crippen LogP contribution in [0.2, 0.25) is 0 Å². The first-order valence-electron chi connectivity index (χ1n) is 7.79. The van der Waals surface area contributed by atoms with Crippen molar-refractivity contribution in [2.24, 2.45) is 0 Å². The Hall–Kier alpha value is -1.40. The van der Waals surface area contributed by atoms with Crippen LogP contribution in [0.5, 0.6) is 0 Å². The highest BCUT2D eigenvalue weighted by molar-refractivity contribution is 7.88. The van der Waals surface area contributed by atoms with Crippen LogP contribution in [0.25, 0.3) is 0 Å². The first-order valence-corrected chi connectivity index (χ1v) is 9.64. The average molecular weight is 322 g/mol. The zero-order valence-electron chi connectivity index (χ0n) is 12.8. The molecule has 0 saturated carbocycles. The summed E-state index contributed by atoms with van der Waals surface area (Å²) in [5, 5.41) is 3.05. The highest BCUT2D eigenvalue weighted by Gasteiger charge is 2.35. The van der Waals surface area contributed by atoms with Crippen LogP contribution in [-0.2, 0) is 27.7 Å². The summed E-state index contributed by atoms with van der Waals surface area (Å²) in [6.07, 6.45) is 5.17. The Morgan fingerprint density at radius 2 is 1.82 bits per heavy atom. The van der Waals surface area contributed by atoms with Crippen molar-refractivity contribution in [3.05, 3.63) is 35.4 Å². The van der Waals surface area contributed by atoms with E-state index >= 15 is 0 Å². The van der Waals surface area contributed by atoms with Crippen LogP contribution in [0.4, 0.5) is 0 Å². The fourth-order valence-electron chi connectivity index (χ4n) is 3.52. The Balaban J connectivity index is 1.67. The maximum atomic E-state index is 12.5. The SMILES string of the molecule is CS(=O)(=O)N1CCCC[C@@H]1C(=O)NC1Cc2ccccc2C1. The molecule has 0 unspecified atom stereocenters. The smallest absolute Gasteiger partial charge is 0.238 e. The Morgan fingerprint density at radius 1 is 1.18 bits per heavy atom. The van der Waals surface area contributed by atoms with Gasteiger partial charge in [-0.25, -0.2) is 8.42 Å². The topological polar surface area (TPSA) is 66.5 Å². The lowest BCUT2D eigenvalue weighted by molar-refractivity contribution is -0.126. The summed E-state index contributed by atoms with van der Waals surface area (Å²) in [7, 11) is -3.33. The van der Waals surface area contributed by atoms with Gasteiger partial charge in [-0.05, 0) is 36.8 Å². The molecule has 22 heavy (non-hydrogen) atoms. The van der Waals surface area contributed by atoms with Gasteiger partial charge in [0.2, 0.25) is 15.9 Å². The summed E-state index contributed by atoms with van der Waals surface area (Å²) >= 11 is 0. The minimum Gasteiger partial charge on any atom is -0.351 e. The van der Waals surface area contributed by atoms with Gasteiger partial charge in [0.15, 0.2) is 0 Å². The Labute approximate surface area is 131 Å². The summed E-state index contributed by atoms with van der Waals surface area (Å²) in [5.41, 5.74) is 2.55. The highest BCUT2D eigenvalue weighted by atomic mass is 32.2. The van der Waals surface area contributed by atoms with E-state index in [0.717, 1.165) is 25.7 Å². The molecular formula is C16H22N2O3S. The lowest BCUT2D eigenvalue weighted by atomic mass is 10.0. The van der Waals surface area contributed by atoms with Gasteiger partial charge in [-0.15, -0.1) is 0 Å². The van der Waals surface area contributed by atoms with Crippen LogP contribution in [0.15, 0.2) is 24.3 Å². The number of nitrogens with zero attached hydrogens (tertiary/aromatic N) is 1. The van der Waals surface area contributed by atoms with Crippen molar-refractivity contribution < 1.29 is 13.2 Å². The molecule has 6 heteroatoms. The van der Waals surface area contributed by atoms with Crippen LogP contribution in [0.3, 0.4) is 0 Å². The lowest BCUT2D eigenvalue weighted by Gasteiger charge is -2.33. The number of hydrogen-bond acceptors (Lipinski definition) is 3. The van der Waals surface area contributed by atoms with E-state index in [1.165, 1.54) is 21.7 Å². The predicted octanol–water partition coefficient (Wildman–Crippen LogP) is 1.08. The molecule has 1 amide bonds. The molecule has 3 rings (SSSR count). The Morgan fingerprint density at radius 3 is 2.41 bits per heavy atom. The van der Waals surface area contributed by atoms with Crippen LogP contribution in [0.1, 0.15) is 30.4 Å². The molecule has 5 nitrogen and oxygen atoms in total. The summed E-state index contributed by atoms with van der Waals surface area (Å²) < 4.78 is 25.1. The van der Waals surface area contributed by atoms with E-state index in [-0.39, 0.29) is 11.9 Å². The molecule has 1 aliphatic heterocycles. The fourth-order valence-corrected chi connectivity index (χ4v) is 4.65. The number of sulfonamides is 1. The van der Waals surface area contributed by atoms with Gasteiger partial charge in [0, 0.05) is 12.6 Å². The van der Waals surface area contributed by atoms with Crippen molar-refractivity contribution in [3.8, 4) is 0 Å². The molecule has 1 N–H and O–H groups in total. The molecule has 0 bridgehead atoms. The number of rotatable bonds is 3. The molecule has 1 atom stereocenters. The minimum absolute atomic E-state index is 0.0771. The van der Waals surface area contributed by atoms with Crippen molar-refractivity contribution >= 4 is 15.9 Å². The van der Waals surface area contributed by atoms with E-state index < -0.39 is 16.1 Å². The van der Waals surface area contributed by atoms with Gasteiger partial charge in [0.1, 0.15) is 6.04 Å². The lowest BCUT2D eigenvalue weighted by Crippen LogP contribution is -2.53. The Kier molecular flexibility index (Phi) is 4.23. The molecule has 2 aliphatic rings. The zero-order chi connectivity index (χ0) is 15.7. The molecule has 0 radical (unpaired) electrons. The summed E-state index contributed by atoms with van der Waals surface area (Å²) in [4.78, 5) is 12.5. The molecule has 1 heterocycles. The van der Waals surface area contributed by atoms with Crippen LogP contribution >= 0.6 is 0 Å². The predicted molar refractivity (Wildman–Crippen MR) is 85.0 cm³/mol. The van der Waals surface area contributed by atoms with Gasteiger partial charge < -0.3 is 5.32 Å². The van der Waals surface area contributed by atoms with Gasteiger partial charge in [0.25, 0.3) is 0 Å². The number of carbonyl (C=O) groups excluding carboxylic acids is 1. The number of nitrogens with one attached hydrogen (secondary N) is 1. The molecule has 1 saturated heterocycles. The van der Waals surface area contributed by atoms with Crippen molar-refractivity contribution in [2.45, 2.75) is 44.2 Å². The van der Waals surface area contributed by atoms with Gasteiger partial charge in [-0.2, -0.15) is 4.31 Å². The summed E-state index contributed by atoms with van der Waals surface area (Å²) in [5.74, 6) is -0.150. The highest BCUT2D eigenvalue weighted by Crippen LogP contribution is 2.24. The first kappa shape index (κ1) is 15.5. The fraction of sp³-hybridized carbons (Fsp3) is 0.562. The summed E-state index contributed by atoms with van der Waals surface area (Å²) in [6, 6.07) is 7.72. The maximum absolute atomic E-state index is 12.5. The monoisotopic (exact) mass is 322 g/mol. The normalized spacial score (nSPS) is 23.2. The number of carbonyl (C=O) groups is 1. The molecular weight excluding hydrogens is 300 g/mol. The van der Waals surface area contributed by atoms with Gasteiger partial charge in [0.05, 0.1) is 6.26 Å². The molecule has 1 aliphatic carbocycles. The third-order valence-electron chi connectivity index (χ3n) is 4.58. The molecule has 1 aromatic carbocycles. The molecule has 1 aromatic rings. The quantitative estimate of drug-likeness (QED) is 0.906. The van der Waals surface area contributed by atoms with Crippen molar-refractivity contribution in [2.75, 3.05) is 12.8 Å². The number of fused-ring (bicyclic) bond motifs is 1. The molecule has 120 valence electrons. The van der Waals surface area contributed by atoms with E-state index in [2.05, 4.69) is 17.4 Å². The van der Waals surface area contributed by atoms with E-state index in [4.69, 9.17) is 0 Å². The largest absolute Gasteiger partial charge is 0.351 e. The molecule has 0 spiro atoms. The van der Waals surface area contributed by atoms with E-state index in [1.54, 1.807) is 0 Å². The molecule has 1 fully saturated rings. The third kappa shape index (κ3) is 3.17. The second-order valence-electron chi connectivity index (χ2n) is 6.27.